The van der Waals surface area contributed by atoms with Gasteiger partial charge in [-0.05, 0) is 24.7 Å². The van der Waals surface area contributed by atoms with Crippen LogP contribution in [0, 0.1) is 5.92 Å². The number of carboxylic acid groups (broad SMARTS) is 1. The number of rotatable bonds is 6. The average Bonchev–Trinajstić information content (AvgIpc) is 2.94. The number of methoxy groups -OCH3 is 1. The molecule has 2 rings (SSSR count). The fourth-order valence-electron chi connectivity index (χ4n) is 2.69. The number of hydrogen-bond donors (Lipinski definition) is 1. The van der Waals surface area contributed by atoms with Crippen LogP contribution in [-0.2, 0) is 16.1 Å². The number of aliphatic carboxylic acids is 1. The van der Waals surface area contributed by atoms with Gasteiger partial charge in [0.25, 0.3) is 0 Å². The largest absolute Gasteiger partial charge is 0.496 e. The second-order valence-corrected chi connectivity index (χ2v) is 5.51. The molecule has 1 heterocycles. The van der Waals surface area contributed by atoms with E-state index in [1.165, 1.54) is 0 Å². The SMILES string of the molecule is CCN(Cc1cc(Cl)ccc1OC)C1COCC1C(=O)O. The first kappa shape index (κ1) is 16.1. The molecule has 21 heavy (non-hydrogen) atoms. The zero-order valence-electron chi connectivity index (χ0n) is 12.2. The highest BCUT2D eigenvalue weighted by Gasteiger charge is 2.37. The topological polar surface area (TPSA) is 59.0 Å². The van der Waals surface area contributed by atoms with Crippen LogP contribution in [0.4, 0.5) is 0 Å². The summed E-state index contributed by atoms with van der Waals surface area (Å²) in [5, 5.41) is 9.92. The van der Waals surface area contributed by atoms with Gasteiger partial charge in [0.2, 0.25) is 0 Å². The molecule has 5 nitrogen and oxygen atoms in total. The van der Waals surface area contributed by atoms with Gasteiger partial charge in [-0.15, -0.1) is 0 Å². The molecular weight excluding hydrogens is 294 g/mol. The standard InChI is InChI=1S/C15H20ClNO4/c1-3-17(13-9-21-8-12(13)15(18)19)7-10-6-11(16)4-5-14(10)20-2/h4-6,12-13H,3,7-9H2,1-2H3,(H,18,19). The third-order valence-electron chi connectivity index (χ3n) is 3.86. The van der Waals surface area contributed by atoms with Crippen molar-refractivity contribution >= 4 is 17.6 Å². The molecule has 1 aromatic carbocycles. The first-order valence-electron chi connectivity index (χ1n) is 6.93. The van der Waals surface area contributed by atoms with E-state index in [0.29, 0.717) is 18.2 Å². The van der Waals surface area contributed by atoms with E-state index in [1.54, 1.807) is 13.2 Å². The van der Waals surface area contributed by atoms with Gasteiger partial charge in [-0.3, -0.25) is 9.69 Å². The summed E-state index contributed by atoms with van der Waals surface area (Å²) in [7, 11) is 1.61. The van der Waals surface area contributed by atoms with E-state index in [2.05, 4.69) is 4.90 Å². The molecule has 1 aromatic rings. The number of likely N-dealkylation sites (N-methyl/N-ethyl adjacent to an activating group) is 1. The lowest BCUT2D eigenvalue weighted by Crippen LogP contribution is -2.42. The fourth-order valence-corrected chi connectivity index (χ4v) is 2.89. The van der Waals surface area contributed by atoms with E-state index < -0.39 is 11.9 Å². The summed E-state index contributed by atoms with van der Waals surface area (Å²) < 4.78 is 10.7. The predicted octanol–water partition coefficient (Wildman–Crippen LogP) is 2.27. The Kier molecular flexibility index (Phi) is 5.45. The third kappa shape index (κ3) is 3.67. The van der Waals surface area contributed by atoms with Crippen molar-refractivity contribution in [2.45, 2.75) is 19.5 Å². The molecule has 116 valence electrons. The maximum atomic E-state index is 11.3. The Hall–Kier alpha value is -1.30. The lowest BCUT2D eigenvalue weighted by atomic mass is 10.0. The van der Waals surface area contributed by atoms with Crippen molar-refractivity contribution in [3.63, 3.8) is 0 Å². The average molecular weight is 314 g/mol. The molecule has 1 aliphatic rings. The smallest absolute Gasteiger partial charge is 0.310 e. The summed E-state index contributed by atoms with van der Waals surface area (Å²) in [5.41, 5.74) is 0.947. The first-order valence-corrected chi connectivity index (χ1v) is 7.31. The Morgan fingerprint density at radius 2 is 2.29 bits per heavy atom. The maximum Gasteiger partial charge on any atom is 0.310 e. The van der Waals surface area contributed by atoms with Gasteiger partial charge in [0.15, 0.2) is 0 Å². The minimum atomic E-state index is -0.811. The van der Waals surface area contributed by atoms with Crippen molar-refractivity contribution in [3.8, 4) is 5.75 Å². The van der Waals surface area contributed by atoms with Crippen molar-refractivity contribution < 1.29 is 19.4 Å². The minimum absolute atomic E-state index is 0.129. The van der Waals surface area contributed by atoms with Crippen molar-refractivity contribution in [3.05, 3.63) is 28.8 Å². The number of nitrogens with zero attached hydrogens (tertiary/aromatic N) is 1. The maximum absolute atomic E-state index is 11.3. The lowest BCUT2D eigenvalue weighted by molar-refractivity contribution is -0.143. The summed E-state index contributed by atoms with van der Waals surface area (Å²) in [6.45, 7) is 4.02. The highest BCUT2D eigenvalue weighted by molar-refractivity contribution is 6.30. The Bertz CT molecular complexity index is 508. The molecule has 6 heteroatoms. The highest BCUT2D eigenvalue weighted by atomic mass is 35.5. The quantitative estimate of drug-likeness (QED) is 0.873. The number of benzene rings is 1. The van der Waals surface area contributed by atoms with Gasteiger partial charge >= 0.3 is 5.97 Å². The van der Waals surface area contributed by atoms with E-state index in [9.17, 15) is 9.90 Å². The number of carbonyl (C=O) groups is 1. The molecular formula is C15H20ClNO4. The molecule has 0 spiro atoms. The van der Waals surface area contributed by atoms with Crippen LogP contribution in [0.1, 0.15) is 12.5 Å². The Balaban J connectivity index is 2.19. The molecule has 0 aromatic heterocycles. The normalized spacial score (nSPS) is 21.7. The number of hydrogen-bond acceptors (Lipinski definition) is 4. The predicted molar refractivity (Wildman–Crippen MR) is 79.8 cm³/mol. The summed E-state index contributed by atoms with van der Waals surface area (Å²) in [6.07, 6.45) is 0. The van der Waals surface area contributed by atoms with Gasteiger partial charge in [0.05, 0.1) is 26.2 Å². The molecule has 2 unspecified atom stereocenters. The molecule has 0 saturated carbocycles. The Morgan fingerprint density at radius 3 is 2.90 bits per heavy atom. The van der Waals surface area contributed by atoms with Crippen molar-refractivity contribution in [1.82, 2.24) is 4.90 Å². The van der Waals surface area contributed by atoms with E-state index in [0.717, 1.165) is 17.9 Å². The van der Waals surface area contributed by atoms with Gasteiger partial charge in [0.1, 0.15) is 5.75 Å². The first-order chi connectivity index (χ1) is 10.1. The van der Waals surface area contributed by atoms with E-state index in [-0.39, 0.29) is 12.6 Å². The number of ether oxygens (including phenoxy) is 2. The molecule has 1 fully saturated rings. The molecule has 1 aliphatic heterocycles. The van der Waals surface area contributed by atoms with Crippen LogP contribution in [0.25, 0.3) is 0 Å². The van der Waals surface area contributed by atoms with Crippen LogP contribution < -0.4 is 4.74 Å². The van der Waals surface area contributed by atoms with E-state index in [1.807, 2.05) is 19.1 Å². The zero-order valence-corrected chi connectivity index (χ0v) is 13.0. The zero-order chi connectivity index (χ0) is 15.4. The second-order valence-electron chi connectivity index (χ2n) is 5.07. The summed E-state index contributed by atoms with van der Waals surface area (Å²) in [5.74, 6) is -0.548. The van der Waals surface area contributed by atoms with Gasteiger partial charge in [0, 0.05) is 23.2 Å². The van der Waals surface area contributed by atoms with Gasteiger partial charge in [-0.1, -0.05) is 18.5 Å². The fraction of sp³-hybridized carbons (Fsp3) is 0.533. The number of carboxylic acids is 1. The molecule has 0 aliphatic carbocycles. The van der Waals surface area contributed by atoms with Crippen molar-refractivity contribution in [2.24, 2.45) is 5.92 Å². The number of halogens is 1. The summed E-state index contributed by atoms with van der Waals surface area (Å²) >= 11 is 6.05. The Labute approximate surface area is 129 Å². The van der Waals surface area contributed by atoms with Crippen LogP contribution in [-0.4, -0.2) is 48.9 Å². The van der Waals surface area contributed by atoms with E-state index >= 15 is 0 Å². The minimum Gasteiger partial charge on any atom is -0.496 e. The second kappa shape index (κ2) is 7.11. The lowest BCUT2D eigenvalue weighted by Gasteiger charge is -2.29. The molecule has 1 saturated heterocycles. The van der Waals surface area contributed by atoms with Crippen molar-refractivity contribution in [1.29, 1.82) is 0 Å². The highest BCUT2D eigenvalue weighted by Crippen LogP contribution is 2.27. The molecule has 2 atom stereocenters. The van der Waals surface area contributed by atoms with Gasteiger partial charge in [-0.2, -0.15) is 0 Å². The molecule has 0 radical (unpaired) electrons. The van der Waals surface area contributed by atoms with Gasteiger partial charge < -0.3 is 14.6 Å². The summed E-state index contributed by atoms with van der Waals surface area (Å²) in [6, 6.07) is 5.33. The van der Waals surface area contributed by atoms with Crippen LogP contribution in [0.2, 0.25) is 5.02 Å². The molecule has 0 amide bonds. The van der Waals surface area contributed by atoms with Gasteiger partial charge in [-0.25, -0.2) is 0 Å². The van der Waals surface area contributed by atoms with Crippen LogP contribution in [0.3, 0.4) is 0 Å². The third-order valence-corrected chi connectivity index (χ3v) is 4.09. The van der Waals surface area contributed by atoms with E-state index in [4.69, 9.17) is 21.1 Å². The van der Waals surface area contributed by atoms with Crippen LogP contribution >= 0.6 is 11.6 Å². The summed E-state index contributed by atoms with van der Waals surface area (Å²) in [4.78, 5) is 13.4. The molecule has 0 bridgehead atoms. The Morgan fingerprint density at radius 1 is 1.52 bits per heavy atom. The molecule has 1 N–H and O–H groups in total. The van der Waals surface area contributed by atoms with Crippen LogP contribution in [0.5, 0.6) is 5.75 Å². The van der Waals surface area contributed by atoms with Crippen molar-refractivity contribution in [2.75, 3.05) is 26.9 Å². The monoisotopic (exact) mass is 313 g/mol. The van der Waals surface area contributed by atoms with Crippen LogP contribution in [0.15, 0.2) is 18.2 Å².